The molecule has 6 N–H and O–H groups in total. The van der Waals surface area contributed by atoms with Crippen LogP contribution >= 0.6 is 23.4 Å². The van der Waals surface area contributed by atoms with Crippen molar-refractivity contribution in [2.45, 2.75) is 11.8 Å². The van der Waals surface area contributed by atoms with Crippen molar-refractivity contribution in [3.8, 4) is 0 Å². The molecule has 3 rings (SSSR count). The summed E-state index contributed by atoms with van der Waals surface area (Å²) in [6, 6.07) is 13.2. The van der Waals surface area contributed by atoms with Gasteiger partial charge < -0.3 is 21.7 Å². The Kier molecular flexibility index (Phi) is 10.9. The topological polar surface area (TPSA) is 181 Å². The summed E-state index contributed by atoms with van der Waals surface area (Å²) in [5, 5.41) is 9.35. The van der Waals surface area contributed by atoms with Gasteiger partial charge in [-0.3, -0.25) is 9.35 Å². The molecule has 0 saturated heterocycles. The van der Waals surface area contributed by atoms with Crippen LogP contribution in [0.25, 0.3) is 0 Å². The number of amides is 1. The molecule has 12 nitrogen and oxygen atoms in total. The van der Waals surface area contributed by atoms with Crippen molar-refractivity contribution < 1.29 is 21.9 Å². The van der Waals surface area contributed by atoms with Crippen LogP contribution in [0.3, 0.4) is 0 Å². The molecule has 2 aromatic carbocycles. The Bertz CT molecular complexity index is 1250. The summed E-state index contributed by atoms with van der Waals surface area (Å²) in [5.41, 5.74) is 7.74. The van der Waals surface area contributed by atoms with Gasteiger partial charge in [-0.15, -0.1) is 11.8 Å². The normalized spacial score (nSPS) is 10.6. The van der Waals surface area contributed by atoms with Crippen LogP contribution in [0.4, 0.5) is 29.0 Å². The molecule has 0 saturated carbocycles. The number of benzene rings is 2. The molecule has 0 radical (unpaired) electrons. The van der Waals surface area contributed by atoms with Crippen molar-refractivity contribution in [3.05, 3.63) is 53.3 Å². The van der Waals surface area contributed by atoms with Gasteiger partial charge in [0.25, 0.3) is 0 Å². The Balaban J connectivity index is 0.00000137. The monoisotopic (exact) mass is 541 g/mol. The van der Waals surface area contributed by atoms with Gasteiger partial charge in [0.15, 0.2) is 0 Å². The van der Waals surface area contributed by atoms with Crippen LogP contribution in [0.15, 0.2) is 47.4 Å². The second-order valence-corrected chi connectivity index (χ2v) is 9.14. The molecule has 0 aliphatic rings. The third-order valence-electron chi connectivity index (χ3n) is 4.05. The number of nitrogens with one attached hydrogen (secondary N) is 3. The van der Waals surface area contributed by atoms with Gasteiger partial charge in [0.05, 0.1) is 6.61 Å². The average Bonchev–Trinajstić information content (AvgIpc) is 2.78. The van der Waals surface area contributed by atoms with Crippen molar-refractivity contribution in [2.24, 2.45) is 5.73 Å². The zero-order valence-corrected chi connectivity index (χ0v) is 21.1. The lowest BCUT2D eigenvalue weighted by Crippen LogP contribution is -2.06. The lowest BCUT2D eigenvalue weighted by Gasteiger charge is -2.11. The van der Waals surface area contributed by atoms with Gasteiger partial charge in [-0.2, -0.15) is 23.4 Å². The fraction of sp³-hybridized carbons (Fsp3) is 0.200. The number of thioether (sulfide) groups is 1. The molecule has 0 fully saturated rings. The van der Waals surface area contributed by atoms with Crippen molar-refractivity contribution in [2.75, 3.05) is 35.4 Å². The maximum absolute atomic E-state index is 10.6. The maximum atomic E-state index is 10.6. The molecule has 1 amide bonds. The number of rotatable bonds is 10. The van der Waals surface area contributed by atoms with E-state index >= 15 is 0 Å². The van der Waals surface area contributed by atoms with E-state index in [4.69, 9.17) is 20.9 Å². The number of halogens is 1. The number of hydrogen-bond acceptors (Lipinski definition) is 11. The van der Waals surface area contributed by atoms with Gasteiger partial charge in [-0.1, -0.05) is 12.1 Å². The van der Waals surface area contributed by atoms with E-state index in [0.29, 0.717) is 11.4 Å². The smallest absolute Gasteiger partial charge is 0.388 e. The number of primary amides is 1. The highest BCUT2D eigenvalue weighted by Crippen LogP contribution is 2.25. The van der Waals surface area contributed by atoms with Gasteiger partial charge in [-0.25, -0.2) is 4.18 Å². The fourth-order valence-corrected chi connectivity index (χ4v) is 4.00. The van der Waals surface area contributed by atoms with E-state index in [1.807, 2.05) is 56.4 Å². The van der Waals surface area contributed by atoms with Crippen LogP contribution in [0.5, 0.6) is 0 Å². The summed E-state index contributed by atoms with van der Waals surface area (Å²) in [5.74, 6) is 0.872. The van der Waals surface area contributed by atoms with E-state index in [2.05, 4.69) is 40.8 Å². The number of carbonyl (C=O) groups is 1. The van der Waals surface area contributed by atoms with Gasteiger partial charge in [-0.05, 0) is 54.4 Å². The molecule has 1 heterocycles. The second-order valence-electron chi connectivity index (χ2n) is 6.54. The third kappa shape index (κ3) is 10.3. The fourth-order valence-electron chi connectivity index (χ4n) is 2.65. The van der Waals surface area contributed by atoms with Gasteiger partial charge in [0.1, 0.15) is 0 Å². The second kappa shape index (κ2) is 13.7. The van der Waals surface area contributed by atoms with Crippen molar-refractivity contribution in [1.29, 1.82) is 0 Å². The number of nitrogens with zero attached hydrogens (tertiary/aromatic N) is 3. The minimum absolute atomic E-state index is 0.0267. The largest absolute Gasteiger partial charge is 0.397 e. The average molecular weight is 542 g/mol. The Hall–Kier alpha value is -3.17. The van der Waals surface area contributed by atoms with E-state index in [0.717, 1.165) is 21.8 Å². The Morgan fingerprint density at radius 1 is 1.11 bits per heavy atom. The first-order chi connectivity index (χ1) is 16.6. The molecule has 3 aromatic rings. The molecule has 35 heavy (non-hydrogen) atoms. The van der Waals surface area contributed by atoms with Crippen LogP contribution in [0.2, 0.25) is 5.28 Å². The first-order valence-corrected chi connectivity index (χ1v) is 12.6. The van der Waals surface area contributed by atoms with E-state index in [1.165, 1.54) is 11.8 Å². The number of nitrogens with two attached hydrogens (primary N) is 1. The molecule has 0 atom stereocenters. The summed E-state index contributed by atoms with van der Waals surface area (Å²) in [6.45, 7) is 1.86. The highest BCUT2D eigenvalue weighted by atomic mass is 35.5. The van der Waals surface area contributed by atoms with Crippen molar-refractivity contribution in [1.82, 2.24) is 15.0 Å². The Labute approximate surface area is 212 Å². The molecule has 0 aliphatic heterocycles. The summed E-state index contributed by atoms with van der Waals surface area (Å²) in [6.07, 6.45) is 0.250. The van der Waals surface area contributed by atoms with Gasteiger partial charge >= 0.3 is 10.4 Å². The number of hydrogen-bond donors (Lipinski definition) is 5. The highest BCUT2D eigenvalue weighted by Gasteiger charge is 2.08. The summed E-state index contributed by atoms with van der Waals surface area (Å²) in [7, 11) is -2.59. The number of aryl methyl sites for hydroxylation is 1. The summed E-state index contributed by atoms with van der Waals surface area (Å²) >= 11 is 7.44. The van der Waals surface area contributed by atoms with Gasteiger partial charge in [0, 0.05) is 34.8 Å². The molecule has 188 valence electrons. The summed E-state index contributed by atoms with van der Waals surface area (Å²) in [4.78, 5) is 22.0. The van der Waals surface area contributed by atoms with Crippen LogP contribution in [-0.2, 0) is 19.4 Å². The van der Waals surface area contributed by atoms with Crippen LogP contribution < -0.4 is 21.7 Å². The van der Waals surface area contributed by atoms with E-state index in [1.54, 1.807) is 0 Å². The van der Waals surface area contributed by atoms with Gasteiger partial charge in [0.2, 0.25) is 23.6 Å². The molecule has 0 aliphatic carbocycles. The standard InChI is InChI=1S/C19H21ClN6O4S2.CH3NO/c1-12-6-7-14(11-16(12)21-2)23-19-25-17(20)24-18(26-19)22-13-4-3-5-15(10-13)31-9-8-30-32(27,28)29;2-1-3/h3-7,10-11,21H,8-9H2,1-2H3,(H,27,28,29)(H2,22,23,24,25,26);1H,(H2,2,3). The lowest BCUT2D eigenvalue weighted by atomic mass is 10.2. The molecular formula is C20H24ClN7O5S2. The predicted molar refractivity (Wildman–Crippen MR) is 137 cm³/mol. The molecular weight excluding hydrogens is 518 g/mol. The van der Waals surface area contributed by atoms with E-state index in [9.17, 15) is 8.42 Å². The number of aromatic nitrogens is 3. The van der Waals surface area contributed by atoms with E-state index in [-0.39, 0.29) is 30.2 Å². The van der Waals surface area contributed by atoms with Crippen molar-refractivity contribution >= 4 is 69.1 Å². The van der Waals surface area contributed by atoms with Crippen LogP contribution in [-0.4, -0.2) is 53.7 Å². The summed E-state index contributed by atoms with van der Waals surface area (Å²) < 4.78 is 34.1. The number of carbonyl (C=O) groups excluding carboxylic acids is 1. The van der Waals surface area contributed by atoms with Crippen LogP contribution in [0.1, 0.15) is 5.56 Å². The lowest BCUT2D eigenvalue weighted by molar-refractivity contribution is -0.106. The zero-order chi connectivity index (χ0) is 25.8. The first-order valence-electron chi connectivity index (χ1n) is 9.87. The minimum Gasteiger partial charge on any atom is -0.388 e. The Morgan fingerprint density at radius 2 is 1.74 bits per heavy atom. The van der Waals surface area contributed by atoms with Crippen LogP contribution in [0, 0.1) is 6.92 Å². The Morgan fingerprint density at radius 3 is 2.34 bits per heavy atom. The third-order valence-corrected chi connectivity index (χ3v) is 5.64. The number of anilines is 5. The molecule has 0 unspecified atom stereocenters. The van der Waals surface area contributed by atoms with E-state index < -0.39 is 10.4 Å². The molecule has 15 heteroatoms. The maximum Gasteiger partial charge on any atom is 0.397 e. The SMILES string of the molecule is CNc1cc(Nc2nc(Cl)nc(Nc3cccc(SCCOS(=O)(=O)O)c3)n2)ccc1C.NC=O. The quantitative estimate of drug-likeness (QED) is 0.109. The molecule has 0 bridgehead atoms. The first kappa shape index (κ1) is 28.1. The molecule has 1 aromatic heterocycles. The molecule has 0 spiro atoms. The highest BCUT2D eigenvalue weighted by molar-refractivity contribution is 7.99. The minimum atomic E-state index is -4.43. The van der Waals surface area contributed by atoms with Crippen molar-refractivity contribution in [3.63, 3.8) is 0 Å². The predicted octanol–water partition coefficient (Wildman–Crippen LogP) is 3.38. The zero-order valence-electron chi connectivity index (χ0n) is 18.7.